The van der Waals surface area contributed by atoms with E-state index in [9.17, 15) is 9.13 Å². The van der Waals surface area contributed by atoms with Crippen molar-refractivity contribution in [3.05, 3.63) is 0 Å². The fourth-order valence-electron chi connectivity index (χ4n) is 0.335. The smallest absolute Gasteiger partial charge is 0.370 e. The van der Waals surface area contributed by atoms with Gasteiger partial charge in [0.2, 0.25) is 0 Å². The van der Waals surface area contributed by atoms with Crippen LogP contribution in [0.1, 0.15) is 0 Å². The summed E-state index contributed by atoms with van der Waals surface area (Å²) in [4.78, 5) is 0. The first kappa shape index (κ1) is 7.23. The molecule has 0 aromatic heterocycles. The lowest BCUT2D eigenvalue weighted by atomic mass is 10.5. The Balaban J connectivity index is 2.02. The van der Waals surface area contributed by atoms with Gasteiger partial charge in [-0.25, -0.2) is 4.57 Å². The standard InChI is InChI=1S/C3H5O4P2/c4-8-9(5)7-2-3-1-6-3/h3H,1-2H2/q+1. The van der Waals surface area contributed by atoms with Gasteiger partial charge < -0.3 is 4.74 Å². The Kier molecular flexibility index (Phi) is 2.67. The van der Waals surface area contributed by atoms with Crippen molar-refractivity contribution in [2.24, 2.45) is 0 Å². The van der Waals surface area contributed by atoms with Crippen LogP contribution in [0.4, 0.5) is 0 Å². The third-order valence-corrected chi connectivity index (χ3v) is 2.09. The fraction of sp³-hybridized carbons (Fsp3) is 1.00. The van der Waals surface area contributed by atoms with Crippen LogP contribution in [-0.4, -0.2) is 19.3 Å². The second kappa shape index (κ2) is 3.33. The molecule has 1 aliphatic rings. The van der Waals surface area contributed by atoms with Crippen molar-refractivity contribution in [3.8, 4) is 0 Å². The van der Waals surface area contributed by atoms with Crippen LogP contribution >= 0.6 is 15.9 Å². The largest absolute Gasteiger partial charge is 0.608 e. The summed E-state index contributed by atoms with van der Waals surface area (Å²) < 4.78 is 29.4. The molecule has 9 heavy (non-hydrogen) atoms. The van der Waals surface area contributed by atoms with E-state index in [0.29, 0.717) is 13.2 Å². The van der Waals surface area contributed by atoms with E-state index in [4.69, 9.17) is 4.74 Å². The Bertz CT molecular complexity index is 132. The minimum atomic E-state index is -1.98. The van der Waals surface area contributed by atoms with Gasteiger partial charge in [-0.1, -0.05) is 0 Å². The second-order valence-electron chi connectivity index (χ2n) is 1.57. The lowest BCUT2D eigenvalue weighted by molar-refractivity contribution is 0.278. The summed E-state index contributed by atoms with van der Waals surface area (Å²) in [7, 11) is -2.43. The predicted octanol–water partition coefficient (Wildman–Crippen LogP) is 1.35. The van der Waals surface area contributed by atoms with Gasteiger partial charge in [0.15, 0.2) is 0 Å². The zero-order chi connectivity index (χ0) is 6.69. The van der Waals surface area contributed by atoms with Gasteiger partial charge in [-0.2, -0.15) is 0 Å². The van der Waals surface area contributed by atoms with Crippen LogP contribution in [0.2, 0.25) is 0 Å². The summed E-state index contributed by atoms with van der Waals surface area (Å²) in [6.45, 7) is 0.962. The molecule has 50 valence electrons. The monoisotopic (exact) mass is 167 g/mol. The summed E-state index contributed by atoms with van der Waals surface area (Å²) in [5, 5.41) is 0. The summed E-state index contributed by atoms with van der Waals surface area (Å²) in [5.41, 5.74) is 0. The molecule has 4 nitrogen and oxygen atoms in total. The molecule has 0 amide bonds. The molecular weight excluding hydrogens is 162 g/mol. The van der Waals surface area contributed by atoms with Gasteiger partial charge in [0.25, 0.3) is 0 Å². The van der Waals surface area contributed by atoms with Gasteiger partial charge in [0.1, 0.15) is 12.7 Å². The number of hydrogen-bond donors (Lipinski definition) is 0. The molecule has 0 aliphatic carbocycles. The van der Waals surface area contributed by atoms with Crippen molar-refractivity contribution < 1.29 is 18.4 Å². The maximum Gasteiger partial charge on any atom is 0.608 e. The minimum Gasteiger partial charge on any atom is -0.370 e. The van der Waals surface area contributed by atoms with Crippen molar-refractivity contribution in [3.63, 3.8) is 0 Å². The van der Waals surface area contributed by atoms with E-state index >= 15 is 0 Å². The third kappa shape index (κ3) is 2.97. The molecule has 1 rings (SSSR count). The van der Waals surface area contributed by atoms with Crippen LogP contribution in [0.3, 0.4) is 0 Å². The molecule has 2 unspecified atom stereocenters. The molecule has 6 heteroatoms. The highest BCUT2D eigenvalue weighted by Gasteiger charge is 2.29. The van der Waals surface area contributed by atoms with Crippen LogP contribution < -0.4 is 0 Å². The van der Waals surface area contributed by atoms with Crippen LogP contribution in [0.5, 0.6) is 0 Å². The zero-order valence-electron chi connectivity index (χ0n) is 4.52. The topological polar surface area (TPSA) is 55.9 Å². The Morgan fingerprint density at radius 1 is 1.89 bits per heavy atom. The van der Waals surface area contributed by atoms with E-state index in [1.165, 1.54) is 0 Å². The van der Waals surface area contributed by atoms with E-state index in [-0.39, 0.29) is 6.10 Å². The van der Waals surface area contributed by atoms with Gasteiger partial charge in [-0.3, -0.25) is 0 Å². The molecule has 1 aliphatic heterocycles. The first-order valence-corrected chi connectivity index (χ1v) is 5.07. The maximum atomic E-state index is 10.3. The molecule has 0 radical (unpaired) electrons. The van der Waals surface area contributed by atoms with E-state index in [0.717, 1.165) is 0 Å². The van der Waals surface area contributed by atoms with Crippen LogP contribution in [-0.2, 0) is 18.4 Å². The fourth-order valence-corrected chi connectivity index (χ4v) is 1.02. The molecule has 0 aromatic carbocycles. The van der Waals surface area contributed by atoms with Crippen molar-refractivity contribution >= 4 is 15.9 Å². The molecule has 0 saturated carbocycles. The maximum absolute atomic E-state index is 10.3. The molecule has 0 aromatic rings. The Morgan fingerprint density at radius 2 is 2.56 bits per heavy atom. The van der Waals surface area contributed by atoms with Gasteiger partial charge in [-0.05, 0) is 4.57 Å². The summed E-state index contributed by atoms with van der Waals surface area (Å²) in [6.07, 6.45) is 0.0886. The summed E-state index contributed by atoms with van der Waals surface area (Å²) >= 11 is 0. The van der Waals surface area contributed by atoms with Gasteiger partial charge in [0, 0.05) is 0 Å². The molecule has 1 saturated heterocycles. The van der Waals surface area contributed by atoms with Crippen LogP contribution in [0.15, 0.2) is 0 Å². The van der Waals surface area contributed by atoms with Crippen LogP contribution in [0, 0.1) is 0 Å². The summed E-state index contributed by atoms with van der Waals surface area (Å²) in [5.74, 6) is 0. The van der Waals surface area contributed by atoms with Gasteiger partial charge in [-0.15, -0.1) is 4.52 Å². The average molecular weight is 167 g/mol. The van der Waals surface area contributed by atoms with Gasteiger partial charge >= 0.3 is 15.9 Å². The zero-order valence-corrected chi connectivity index (χ0v) is 6.31. The van der Waals surface area contributed by atoms with E-state index in [2.05, 4.69) is 4.52 Å². The third-order valence-electron chi connectivity index (χ3n) is 0.840. The van der Waals surface area contributed by atoms with E-state index in [1.807, 2.05) is 0 Å². The molecule has 1 heterocycles. The number of rotatable bonds is 4. The SMILES string of the molecule is O=P[P+](=O)OCC1CO1. The van der Waals surface area contributed by atoms with E-state index in [1.54, 1.807) is 0 Å². The second-order valence-corrected chi connectivity index (χ2v) is 3.94. The molecule has 0 N–H and O–H groups in total. The normalized spacial score (nSPS) is 26.2. The molecular formula is C3H5O4P2+. The lowest BCUT2D eigenvalue weighted by Gasteiger charge is -1.77. The first-order valence-electron chi connectivity index (χ1n) is 2.38. The minimum absolute atomic E-state index is 0.0886. The van der Waals surface area contributed by atoms with E-state index < -0.39 is 15.9 Å². The number of epoxide rings is 1. The van der Waals surface area contributed by atoms with Crippen molar-refractivity contribution in [2.45, 2.75) is 6.10 Å². The Labute approximate surface area is 54.5 Å². The Hall–Kier alpha value is 0.120. The van der Waals surface area contributed by atoms with Crippen molar-refractivity contribution in [1.82, 2.24) is 0 Å². The summed E-state index contributed by atoms with van der Waals surface area (Å²) in [6, 6.07) is 0. The van der Waals surface area contributed by atoms with Crippen LogP contribution in [0.25, 0.3) is 0 Å². The highest BCUT2D eigenvalue weighted by Crippen LogP contribution is 2.37. The molecule has 2 atom stereocenters. The highest BCUT2D eigenvalue weighted by molar-refractivity contribution is 8.06. The van der Waals surface area contributed by atoms with Crippen molar-refractivity contribution in [2.75, 3.05) is 13.2 Å². The Morgan fingerprint density at radius 3 is 3.00 bits per heavy atom. The number of hydrogen-bond acceptors (Lipinski definition) is 4. The predicted molar refractivity (Wildman–Crippen MR) is 30.9 cm³/mol. The first-order chi connectivity index (χ1) is 4.33. The number of ether oxygens (including phenoxy) is 1. The molecule has 1 fully saturated rings. The molecule has 0 spiro atoms. The molecule has 0 bridgehead atoms. The highest BCUT2D eigenvalue weighted by atomic mass is 32.0. The average Bonchev–Trinajstić information content (AvgIpc) is 2.65. The van der Waals surface area contributed by atoms with Gasteiger partial charge in [0.05, 0.1) is 6.61 Å². The quantitative estimate of drug-likeness (QED) is 0.468. The van der Waals surface area contributed by atoms with Crippen molar-refractivity contribution in [1.29, 1.82) is 0 Å². The lowest BCUT2D eigenvalue weighted by Crippen LogP contribution is -1.92.